The zero-order valence-electron chi connectivity index (χ0n) is 14.3. The van der Waals surface area contributed by atoms with Crippen LogP contribution in [0.3, 0.4) is 0 Å². The lowest BCUT2D eigenvalue weighted by molar-refractivity contribution is -0.137. The van der Waals surface area contributed by atoms with E-state index in [9.17, 15) is 9.59 Å². The molecule has 0 bridgehead atoms. The number of tetrazole rings is 1. The fourth-order valence-corrected chi connectivity index (χ4v) is 2.27. The number of hydrogen-bond acceptors (Lipinski definition) is 6. The number of aromatic nitrogens is 4. The molecule has 2 aromatic rings. The van der Waals surface area contributed by atoms with Crippen LogP contribution >= 0.6 is 0 Å². The number of H-pyrrole nitrogens is 1. The molecule has 1 aromatic carbocycles. The number of carboxylic acids is 1. The molecule has 0 spiro atoms. The van der Waals surface area contributed by atoms with E-state index in [1.165, 1.54) is 0 Å². The van der Waals surface area contributed by atoms with Crippen molar-refractivity contribution < 1.29 is 19.4 Å². The Bertz CT molecular complexity index is 724. The summed E-state index contributed by atoms with van der Waals surface area (Å²) in [6.45, 7) is 5.23. The van der Waals surface area contributed by atoms with Crippen molar-refractivity contribution in [3.63, 3.8) is 0 Å². The summed E-state index contributed by atoms with van der Waals surface area (Å²) in [6, 6.07) is 6.70. The molecular weight excluding hydrogens is 326 g/mol. The van der Waals surface area contributed by atoms with Gasteiger partial charge in [-0.25, -0.2) is 4.79 Å². The summed E-state index contributed by atoms with van der Waals surface area (Å²) in [7, 11) is 0. The van der Waals surface area contributed by atoms with Crippen molar-refractivity contribution in [3.05, 3.63) is 29.8 Å². The Kier molecular flexibility index (Phi) is 5.68. The van der Waals surface area contributed by atoms with Crippen LogP contribution in [0.2, 0.25) is 0 Å². The second-order valence-electron chi connectivity index (χ2n) is 6.58. The van der Waals surface area contributed by atoms with Gasteiger partial charge in [0.1, 0.15) is 5.60 Å². The minimum atomic E-state index is -1.00. The first-order chi connectivity index (χ1) is 11.7. The summed E-state index contributed by atoms with van der Waals surface area (Å²) in [5.74, 6) is -0.563. The van der Waals surface area contributed by atoms with Gasteiger partial charge >= 0.3 is 12.1 Å². The lowest BCUT2D eigenvalue weighted by Gasteiger charge is -2.23. The summed E-state index contributed by atoms with van der Waals surface area (Å²) < 4.78 is 5.19. The zero-order chi connectivity index (χ0) is 18.4. The maximum atomic E-state index is 11.9. The number of hydrogen-bond donors (Lipinski definition) is 3. The van der Waals surface area contributed by atoms with Gasteiger partial charge in [0.15, 0.2) is 0 Å². The number of rotatable bonds is 6. The van der Waals surface area contributed by atoms with Gasteiger partial charge in [-0.1, -0.05) is 18.2 Å². The summed E-state index contributed by atoms with van der Waals surface area (Å²) in [5, 5.41) is 25.4. The molecule has 0 unspecified atom stereocenters. The summed E-state index contributed by atoms with van der Waals surface area (Å²) in [4.78, 5) is 23.0. The third-order valence-corrected chi connectivity index (χ3v) is 3.15. The monoisotopic (exact) mass is 347 g/mol. The molecule has 1 amide bonds. The van der Waals surface area contributed by atoms with Crippen molar-refractivity contribution in [2.24, 2.45) is 0 Å². The predicted molar refractivity (Wildman–Crippen MR) is 88.7 cm³/mol. The average Bonchev–Trinajstić information content (AvgIpc) is 2.98. The molecule has 0 aliphatic carbocycles. The molecule has 25 heavy (non-hydrogen) atoms. The minimum Gasteiger partial charge on any atom is -0.481 e. The van der Waals surface area contributed by atoms with Crippen LogP contribution < -0.4 is 5.32 Å². The van der Waals surface area contributed by atoms with Crippen molar-refractivity contribution in [1.29, 1.82) is 0 Å². The standard InChI is InChI=1S/C16H21N5O4/c1-16(2,3)25-15(24)17-12(9-13(22)23)8-10-5-4-6-11(7-10)14-18-20-21-19-14/h4-7,12H,8-9H2,1-3H3,(H,17,24)(H,22,23)(H,18,19,20,21)/t12-/m1/s1. The summed E-state index contributed by atoms with van der Waals surface area (Å²) in [5.41, 5.74) is 0.929. The van der Waals surface area contributed by atoms with E-state index >= 15 is 0 Å². The van der Waals surface area contributed by atoms with E-state index in [2.05, 4.69) is 25.9 Å². The molecule has 0 saturated carbocycles. The number of benzene rings is 1. The normalized spacial score (nSPS) is 12.4. The topological polar surface area (TPSA) is 130 Å². The molecule has 0 aliphatic rings. The highest BCUT2D eigenvalue weighted by atomic mass is 16.6. The van der Waals surface area contributed by atoms with Gasteiger partial charge in [0.05, 0.1) is 6.42 Å². The van der Waals surface area contributed by atoms with Crippen LogP contribution in [0.1, 0.15) is 32.8 Å². The number of alkyl carbamates (subject to hydrolysis) is 1. The number of aliphatic carboxylic acids is 1. The van der Waals surface area contributed by atoms with Gasteiger partial charge < -0.3 is 15.2 Å². The number of aromatic amines is 1. The molecule has 9 heteroatoms. The first-order valence-electron chi connectivity index (χ1n) is 7.77. The maximum Gasteiger partial charge on any atom is 0.407 e. The van der Waals surface area contributed by atoms with Gasteiger partial charge in [0.2, 0.25) is 5.82 Å². The Morgan fingerprint density at radius 2 is 2.12 bits per heavy atom. The van der Waals surface area contributed by atoms with Gasteiger partial charge in [-0.2, -0.15) is 5.21 Å². The van der Waals surface area contributed by atoms with Gasteiger partial charge in [0, 0.05) is 11.6 Å². The van der Waals surface area contributed by atoms with Crippen molar-refractivity contribution in [3.8, 4) is 11.4 Å². The first-order valence-corrected chi connectivity index (χ1v) is 7.77. The van der Waals surface area contributed by atoms with Crippen molar-refractivity contribution in [2.45, 2.75) is 45.3 Å². The largest absolute Gasteiger partial charge is 0.481 e. The molecule has 0 fully saturated rings. The third-order valence-electron chi connectivity index (χ3n) is 3.15. The maximum absolute atomic E-state index is 11.9. The summed E-state index contributed by atoms with van der Waals surface area (Å²) >= 11 is 0. The second-order valence-corrected chi connectivity index (χ2v) is 6.58. The highest BCUT2D eigenvalue weighted by molar-refractivity contribution is 5.71. The molecule has 2 rings (SSSR count). The summed E-state index contributed by atoms with van der Waals surface area (Å²) in [6.07, 6.45) is -0.531. The van der Waals surface area contributed by atoms with E-state index < -0.39 is 23.7 Å². The molecule has 1 atom stereocenters. The van der Waals surface area contributed by atoms with Gasteiger partial charge in [-0.05, 0) is 44.0 Å². The zero-order valence-corrected chi connectivity index (χ0v) is 14.3. The Labute approximate surface area is 144 Å². The van der Waals surface area contributed by atoms with Crippen LogP contribution in [0, 0.1) is 0 Å². The Hall–Kier alpha value is -2.97. The minimum absolute atomic E-state index is 0.217. The molecule has 1 aromatic heterocycles. The van der Waals surface area contributed by atoms with E-state index in [0.29, 0.717) is 12.2 Å². The van der Waals surface area contributed by atoms with Crippen LogP contribution in [0.5, 0.6) is 0 Å². The second kappa shape index (κ2) is 7.73. The fraction of sp³-hybridized carbons (Fsp3) is 0.438. The number of amides is 1. The van der Waals surface area contributed by atoms with Crippen LogP contribution in [0.15, 0.2) is 24.3 Å². The van der Waals surface area contributed by atoms with Crippen molar-refractivity contribution in [1.82, 2.24) is 25.9 Å². The Morgan fingerprint density at radius 3 is 2.72 bits per heavy atom. The molecule has 0 radical (unpaired) electrons. The molecular formula is C16H21N5O4. The quantitative estimate of drug-likeness (QED) is 0.726. The molecule has 134 valence electrons. The smallest absolute Gasteiger partial charge is 0.407 e. The number of ether oxygens (including phenoxy) is 1. The highest BCUT2D eigenvalue weighted by Crippen LogP contribution is 2.17. The van der Waals surface area contributed by atoms with Crippen LogP contribution in [0.25, 0.3) is 11.4 Å². The van der Waals surface area contributed by atoms with Gasteiger partial charge in [-0.15, -0.1) is 10.2 Å². The van der Waals surface area contributed by atoms with E-state index in [1.54, 1.807) is 20.8 Å². The number of nitrogens with one attached hydrogen (secondary N) is 2. The first kappa shape index (κ1) is 18.4. The van der Waals surface area contributed by atoms with Gasteiger partial charge in [0.25, 0.3) is 0 Å². The molecule has 0 aliphatic heterocycles. The third kappa shape index (κ3) is 6.21. The van der Waals surface area contributed by atoms with E-state index in [-0.39, 0.29) is 6.42 Å². The van der Waals surface area contributed by atoms with E-state index in [4.69, 9.17) is 9.84 Å². The molecule has 1 heterocycles. The van der Waals surface area contributed by atoms with Crippen LogP contribution in [-0.2, 0) is 16.0 Å². The molecule has 9 nitrogen and oxygen atoms in total. The van der Waals surface area contributed by atoms with Crippen LogP contribution in [0.4, 0.5) is 4.79 Å². The van der Waals surface area contributed by atoms with E-state index in [0.717, 1.165) is 11.1 Å². The lowest BCUT2D eigenvalue weighted by atomic mass is 10.0. The fourth-order valence-electron chi connectivity index (χ4n) is 2.27. The van der Waals surface area contributed by atoms with Crippen LogP contribution in [-0.4, -0.2) is 49.4 Å². The average molecular weight is 347 g/mol. The van der Waals surface area contributed by atoms with E-state index in [1.807, 2.05) is 24.3 Å². The van der Waals surface area contributed by atoms with Gasteiger partial charge in [-0.3, -0.25) is 4.79 Å². The van der Waals surface area contributed by atoms with Crippen molar-refractivity contribution in [2.75, 3.05) is 0 Å². The van der Waals surface area contributed by atoms with Crippen molar-refractivity contribution >= 4 is 12.1 Å². The number of nitrogens with zero attached hydrogens (tertiary/aromatic N) is 3. The number of carboxylic acid groups (broad SMARTS) is 1. The number of carbonyl (C=O) groups excluding carboxylic acids is 1. The Balaban J connectivity index is 2.10. The Morgan fingerprint density at radius 1 is 1.36 bits per heavy atom. The lowest BCUT2D eigenvalue weighted by Crippen LogP contribution is -2.41. The number of carbonyl (C=O) groups is 2. The highest BCUT2D eigenvalue weighted by Gasteiger charge is 2.21. The predicted octanol–water partition coefficient (Wildman–Crippen LogP) is 1.78. The molecule has 0 saturated heterocycles. The molecule has 3 N–H and O–H groups in total. The SMILES string of the molecule is CC(C)(C)OC(=O)N[C@@H](CC(=O)O)Cc1cccc(-c2nn[nH]n2)c1.